The lowest BCUT2D eigenvalue weighted by molar-refractivity contribution is -0.173. The molecule has 0 aliphatic carbocycles. The number of rotatable bonds is 3. The Kier molecular flexibility index (Phi) is 3.98. The Hall–Kier alpha value is -1.46. The molecule has 0 atom stereocenters. The molecular formula is C10H9BF3NO. The van der Waals surface area contributed by atoms with Crippen LogP contribution >= 0.6 is 0 Å². The van der Waals surface area contributed by atoms with Gasteiger partial charge in [-0.2, -0.15) is 13.2 Å². The van der Waals surface area contributed by atoms with E-state index in [4.69, 9.17) is 7.85 Å². The first-order valence-corrected chi connectivity index (χ1v) is 4.59. The van der Waals surface area contributed by atoms with Gasteiger partial charge in [0.1, 0.15) is 7.85 Å². The summed E-state index contributed by atoms with van der Waals surface area (Å²) in [4.78, 5) is 10.5. The average Bonchev–Trinajstić information content (AvgIpc) is 2.19. The molecule has 0 saturated carbocycles. The number of benzene rings is 1. The van der Waals surface area contributed by atoms with Crippen LogP contribution in [0, 0.1) is 0 Å². The summed E-state index contributed by atoms with van der Waals surface area (Å²) in [5.74, 6) is -1.91. The summed E-state index contributed by atoms with van der Waals surface area (Å²) in [6, 6.07) is 6.71. The molecule has 1 rings (SSSR count). The van der Waals surface area contributed by atoms with Crippen LogP contribution in [-0.2, 0) is 11.2 Å². The van der Waals surface area contributed by atoms with Crippen molar-refractivity contribution < 1.29 is 18.0 Å². The second-order valence-corrected chi connectivity index (χ2v) is 3.25. The Morgan fingerprint density at radius 1 is 1.25 bits per heavy atom. The van der Waals surface area contributed by atoms with Gasteiger partial charge >= 0.3 is 12.1 Å². The molecule has 0 heterocycles. The molecule has 6 heteroatoms. The Bertz CT molecular complexity index is 361. The van der Waals surface area contributed by atoms with E-state index in [0.717, 1.165) is 5.56 Å². The summed E-state index contributed by atoms with van der Waals surface area (Å²) in [6.07, 6.45) is -4.48. The molecule has 1 aromatic carbocycles. The van der Waals surface area contributed by atoms with E-state index in [9.17, 15) is 18.0 Å². The Balaban J connectivity index is 2.36. The van der Waals surface area contributed by atoms with Gasteiger partial charge in [0.25, 0.3) is 0 Å². The fourth-order valence-corrected chi connectivity index (χ4v) is 1.10. The van der Waals surface area contributed by atoms with Gasteiger partial charge in [-0.05, 0) is 12.0 Å². The summed E-state index contributed by atoms with van der Waals surface area (Å²) in [6.45, 7) is -0.0533. The molecule has 1 aromatic rings. The number of nitrogens with one attached hydrogen (secondary N) is 1. The van der Waals surface area contributed by atoms with Crippen LogP contribution in [0.3, 0.4) is 0 Å². The van der Waals surface area contributed by atoms with Crippen LogP contribution in [0.2, 0.25) is 0 Å². The van der Waals surface area contributed by atoms with E-state index < -0.39 is 12.1 Å². The van der Waals surface area contributed by atoms with Crippen LogP contribution in [-0.4, -0.2) is 26.5 Å². The number of alkyl halides is 3. The molecular weight excluding hydrogens is 218 g/mol. The predicted octanol–water partition coefficient (Wildman–Crippen LogP) is 0.701. The van der Waals surface area contributed by atoms with E-state index >= 15 is 0 Å². The Labute approximate surface area is 92.3 Å². The lowest BCUT2D eigenvalue weighted by Crippen LogP contribution is -2.37. The standard InChI is InChI=1S/C10H9BF3NO/c11-8-3-1-7(2-4-8)5-6-15-9(16)10(12,13)14/h1-4H,5-6H2,(H,15,16). The molecule has 2 nitrogen and oxygen atoms in total. The summed E-state index contributed by atoms with van der Waals surface area (Å²) in [7, 11) is 5.44. The summed E-state index contributed by atoms with van der Waals surface area (Å²) in [5, 5.41) is 1.79. The predicted molar refractivity (Wildman–Crippen MR) is 54.6 cm³/mol. The van der Waals surface area contributed by atoms with Crippen LogP contribution in [0.1, 0.15) is 5.56 Å². The van der Waals surface area contributed by atoms with Crippen molar-refractivity contribution in [3.05, 3.63) is 29.8 Å². The molecule has 2 radical (unpaired) electrons. The van der Waals surface area contributed by atoms with E-state index in [1.807, 2.05) is 0 Å². The van der Waals surface area contributed by atoms with Gasteiger partial charge in [-0.15, -0.1) is 0 Å². The second-order valence-electron chi connectivity index (χ2n) is 3.25. The SMILES string of the molecule is [B]c1ccc(CCNC(=O)C(F)(F)F)cc1. The minimum absolute atomic E-state index is 0.0533. The fourth-order valence-electron chi connectivity index (χ4n) is 1.10. The zero-order valence-corrected chi connectivity index (χ0v) is 8.34. The third-order valence-electron chi connectivity index (χ3n) is 1.94. The molecule has 16 heavy (non-hydrogen) atoms. The van der Waals surface area contributed by atoms with E-state index in [-0.39, 0.29) is 6.54 Å². The number of hydrogen-bond donors (Lipinski definition) is 1. The first-order valence-electron chi connectivity index (χ1n) is 4.59. The lowest BCUT2D eigenvalue weighted by Gasteiger charge is -2.07. The molecule has 1 N–H and O–H groups in total. The van der Waals surface area contributed by atoms with Gasteiger partial charge in [0.2, 0.25) is 0 Å². The van der Waals surface area contributed by atoms with Gasteiger partial charge in [-0.25, -0.2) is 0 Å². The number of carbonyl (C=O) groups excluding carboxylic acids is 1. The third-order valence-corrected chi connectivity index (χ3v) is 1.94. The van der Waals surface area contributed by atoms with E-state index in [1.54, 1.807) is 29.6 Å². The van der Waals surface area contributed by atoms with Crippen molar-refractivity contribution in [2.24, 2.45) is 0 Å². The van der Waals surface area contributed by atoms with Crippen LogP contribution in [0.5, 0.6) is 0 Å². The minimum Gasteiger partial charge on any atom is -0.348 e. The minimum atomic E-state index is -4.82. The smallest absolute Gasteiger partial charge is 0.348 e. The van der Waals surface area contributed by atoms with Crippen molar-refractivity contribution in [3.8, 4) is 0 Å². The zero-order chi connectivity index (χ0) is 12.2. The van der Waals surface area contributed by atoms with Crippen molar-refractivity contribution in [1.29, 1.82) is 0 Å². The quantitative estimate of drug-likeness (QED) is 0.756. The number of amides is 1. The monoisotopic (exact) mass is 227 g/mol. The van der Waals surface area contributed by atoms with Gasteiger partial charge in [0, 0.05) is 6.54 Å². The van der Waals surface area contributed by atoms with Crippen LogP contribution in [0.25, 0.3) is 0 Å². The van der Waals surface area contributed by atoms with Crippen molar-refractivity contribution in [2.45, 2.75) is 12.6 Å². The first-order chi connectivity index (χ1) is 7.39. The highest BCUT2D eigenvalue weighted by molar-refractivity contribution is 6.32. The number of carbonyl (C=O) groups is 1. The van der Waals surface area contributed by atoms with E-state index in [0.29, 0.717) is 11.9 Å². The Morgan fingerprint density at radius 2 is 1.81 bits per heavy atom. The molecule has 0 saturated heterocycles. The topological polar surface area (TPSA) is 29.1 Å². The average molecular weight is 227 g/mol. The largest absolute Gasteiger partial charge is 0.471 e. The lowest BCUT2D eigenvalue weighted by atomic mass is 9.95. The molecule has 0 aliphatic heterocycles. The number of halogens is 3. The van der Waals surface area contributed by atoms with Crippen molar-refractivity contribution in [1.82, 2.24) is 5.32 Å². The van der Waals surface area contributed by atoms with Gasteiger partial charge in [0.15, 0.2) is 0 Å². The van der Waals surface area contributed by atoms with Crippen molar-refractivity contribution in [3.63, 3.8) is 0 Å². The number of hydrogen-bond acceptors (Lipinski definition) is 1. The normalized spacial score (nSPS) is 11.2. The van der Waals surface area contributed by atoms with E-state index in [1.165, 1.54) is 0 Å². The van der Waals surface area contributed by atoms with Gasteiger partial charge in [-0.1, -0.05) is 29.7 Å². The highest BCUT2D eigenvalue weighted by Gasteiger charge is 2.38. The zero-order valence-electron chi connectivity index (χ0n) is 8.34. The highest BCUT2D eigenvalue weighted by Crippen LogP contribution is 2.13. The van der Waals surface area contributed by atoms with Crippen molar-refractivity contribution in [2.75, 3.05) is 6.54 Å². The van der Waals surface area contributed by atoms with Crippen molar-refractivity contribution >= 4 is 19.2 Å². The fraction of sp³-hybridized carbons (Fsp3) is 0.300. The summed E-state index contributed by atoms with van der Waals surface area (Å²) < 4.78 is 35.4. The summed E-state index contributed by atoms with van der Waals surface area (Å²) in [5.41, 5.74) is 1.40. The highest BCUT2D eigenvalue weighted by atomic mass is 19.4. The molecule has 0 aromatic heterocycles. The molecule has 0 spiro atoms. The van der Waals surface area contributed by atoms with Crippen LogP contribution in [0.4, 0.5) is 13.2 Å². The molecule has 84 valence electrons. The molecule has 0 bridgehead atoms. The van der Waals surface area contributed by atoms with Gasteiger partial charge in [0.05, 0.1) is 0 Å². The molecule has 0 unspecified atom stereocenters. The van der Waals surface area contributed by atoms with Crippen LogP contribution < -0.4 is 10.8 Å². The van der Waals surface area contributed by atoms with E-state index in [2.05, 4.69) is 0 Å². The maximum absolute atomic E-state index is 11.8. The Morgan fingerprint density at radius 3 is 2.31 bits per heavy atom. The van der Waals surface area contributed by atoms with Gasteiger partial charge in [-0.3, -0.25) is 4.79 Å². The molecule has 1 amide bonds. The first kappa shape index (κ1) is 12.6. The third kappa shape index (κ3) is 3.96. The van der Waals surface area contributed by atoms with Gasteiger partial charge < -0.3 is 5.32 Å². The molecule has 0 fully saturated rings. The second kappa shape index (κ2) is 5.05. The van der Waals surface area contributed by atoms with Crippen LogP contribution in [0.15, 0.2) is 24.3 Å². The molecule has 0 aliphatic rings. The maximum atomic E-state index is 11.8. The maximum Gasteiger partial charge on any atom is 0.471 e. The summed E-state index contributed by atoms with van der Waals surface area (Å²) >= 11 is 0.